The van der Waals surface area contributed by atoms with Crippen molar-refractivity contribution in [3.05, 3.63) is 29.3 Å². The van der Waals surface area contributed by atoms with E-state index in [0.717, 1.165) is 12.2 Å². The predicted molar refractivity (Wildman–Crippen MR) is 51.0 cm³/mol. The molecule has 12 heavy (non-hydrogen) atoms. The molecule has 1 atom stereocenters. The van der Waals surface area contributed by atoms with E-state index in [1.807, 2.05) is 6.07 Å². The van der Waals surface area contributed by atoms with Crippen LogP contribution in [-0.2, 0) is 0 Å². The first-order valence-corrected chi connectivity index (χ1v) is 4.37. The van der Waals surface area contributed by atoms with Crippen molar-refractivity contribution in [1.29, 1.82) is 0 Å². The van der Waals surface area contributed by atoms with Gasteiger partial charge in [0.05, 0.1) is 0 Å². The highest BCUT2D eigenvalue weighted by molar-refractivity contribution is 5.48. The van der Waals surface area contributed by atoms with Crippen LogP contribution in [0.4, 0.5) is 5.69 Å². The van der Waals surface area contributed by atoms with Gasteiger partial charge in [-0.3, -0.25) is 0 Å². The molecular weight excluding hydrogens is 148 g/mol. The molecule has 1 aliphatic heterocycles. The van der Waals surface area contributed by atoms with Crippen LogP contribution in [0.25, 0.3) is 0 Å². The number of anilines is 1. The Balaban J connectivity index is 2.27. The first-order valence-electron chi connectivity index (χ1n) is 4.37. The molecule has 0 aromatic heterocycles. The molecule has 0 aliphatic carbocycles. The predicted octanol–water partition coefficient (Wildman–Crippen LogP) is 1.61. The second-order valence-corrected chi connectivity index (χ2v) is 3.41. The summed E-state index contributed by atoms with van der Waals surface area (Å²) < 4.78 is 0. The maximum absolute atomic E-state index is 5.73. The normalized spacial score (nSPS) is 21.9. The van der Waals surface area contributed by atoms with Gasteiger partial charge in [0, 0.05) is 11.7 Å². The van der Waals surface area contributed by atoms with Crippen molar-refractivity contribution in [2.75, 3.05) is 12.3 Å². The molecule has 1 saturated heterocycles. The largest absolute Gasteiger partial charge is 0.399 e. The van der Waals surface area contributed by atoms with Gasteiger partial charge in [0.1, 0.15) is 0 Å². The second-order valence-electron chi connectivity index (χ2n) is 3.41. The van der Waals surface area contributed by atoms with E-state index < -0.39 is 0 Å². The Labute approximate surface area is 72.8 Å². The van der Waals surface area contributed by atoms with Crippen molar-refractivity contribution in [3.63, 3.8) is 0 Å². The summed E-state index contributed by atoms with van der Waals surface area (Å²) in [4.78, 5) is 0. The van der Waals surface area contributed by atoms with E-state index in [2.05, 4.69) is 24.4 Å². The van der Waals surface area contributed by atoms with Crippen molar-refractivity contribution in [3.8, 4) is 0 Å². The van der Waals surface area contributed by atoms with Crippen LogP contribution in [0, 0.1) is 6.92 Å². The van der Waals surface area contributed by atoms with Crippen molar-refractivity contribution in [1.82, 2.24) is 5.32 Å². The number of hydrogen-bond donors (Lipinski definition) is 2. The van der Waals surface area contributed by atoms with Crippen molar-refractivity contribution < 1.29 is 0 Å². The van der Waals surface area contributed by atoms with Crippen LogP contribution in [0.15, 0.2) is 18.2 Å². The molecule has 1 aliphatic rings. The summed E-state index contributed by atoms with van der Waals surface area (Å²) in [6, 6.07) is 6.85. The molecule has 0 radical (unpaired) electrons. The van der Waals surface area contributed by atoms with Crippen molar-refractivity contribution in [2.45, 2.75) is 19.4 Å². The van der Waals surface area contributed by atoms with Gasteiger partial charge in [-0.15, -0.1) is 0 Å². The average Bonchev–Trinajstić information content (AvgIpc) is 1.93. The summed E-state index contributed by atoms with van der Waals surface area (Å²) in [6.07, 6.45) is 1.25. The fourth-order valence-corrected chi connectivity index (χ4v) is 1.49. The molecule has 0 unspecified atom stereocenters. The van der Waals surface area contributed by atoms with Gasteiger partial charge in [-0.25, -0.2) is 0 Å². The van der Waals surface area contributed by atoms with Crippen LogP contribution in [0.3, 0.4) is 0 Å². The third-order valence-electron chi connectivity index (χ3n) is 2.52. The third-order valence-corrected chi connectivity index (χ3v) is 2.52. The Bertz CT molecular complexity index is 290. The highest BCUT2D eigenvalue weighted by atomic mass is 15.0. The monoisotopic (exact) mass is 162 g/mol. The molecule has 0 saturated carbocycles. The van der Waals surface area contributed by atoms with Gasteiger partial charge in [0.2, 0.25) is 0 Å². The highest BCUT2D eigenvalue weighted by Crippen LogP contribution is 2.25. The van der Waals surface area contributed by atoms with Gasteiger partial charge in [-0.2, -0.15) is 0 Å². The highest BCUT2D eigenvalue weighted by Gasteiger charge is 2.18. The van der Waals surface area contributed by atoms with Gasteiger partial charge in [-0.05, 0) is 37.1 Å². The standard InChI is InChI=1S/C10H14N2/c1-7-6-8(2-3-9(7)11)10-4-5-12-10/h2-3,6,10,12H,4-5,11H2,1H3/t10-/m0/s1. The Morgan fingerprint density at radius 2 is 2.25 bits per heavy atom. The number of nitrogen functional groups attached to an aromatic ring is 1. The Morgan fingerprint density at radius 1 is 1.50 bits per heavy atom. The SMILES string of the molecule is Cc1cc([C@@H]2CCN2)ccc1N. The lowest BCUT2D eigenvalue weighted by Gasteiger charge is -2.28. The van der Waals surface area contributed by atoms with Crippen LogP contribution >= 0.6 is 0 Å². The molecule has 1 fully saturated rings. The van der Waals surface area contributed by atoms with Gasteiger partial charge in [-0.1, -0.05) is 12.1 Å². The zero-order chi connectivity index (χ0) is 8.55. The van der Waals surface area contributed by atoms with Gasteiger partial charge in [0.25, 0.3) is 0 Å². The van der Waals surface area contributed by atoms with Crippen LogP contribution < -0.4 is 11.1 Å². The number of hydrogen-bond acceptors (Lipinski definition) is 2. The zero-order valence-electron chi connectivity index (χ0n) is 7.30. The second kappa shape index (κ2) is 2.79. The van der Waals surface area contributed by atoms with Crippen LogP contribution in [0.2, 0.25) is 0 Å². The van der Waals surface area contributed by atoms with E-state index in [1.54, 1.807) is 0 Å². The lowest BCUT2D eigenvalue weighted by molar-refractivity contribution is 0.383. The van der Waals surface area contributed by atoms with Crippen LogP contribution in [0.5, 0.6) is 0 Å². The van der Waals surface area contributed by atoms with E-state index in [4.69, 9.17) is 5.73 Å². The van der Waals surface area contributed by atoms with Crippen LogP contribution in [-0.4, -0.2) is 6.54 Å². The van der Waals surface area contributed by atoms with Gasteiger partial charge >= 0.3 is 0 Å². The minimum absolute atomic E-state index is 0.573. The van der Waals surface area contributed by atoms with E-state index in [1.165, 1.54) is 17.5 Å². The smallest absolute Gasteiger partial charge is 0.0343 e. The summed E-state index contributed by atoms with van der Waals surface area (Å²) in [7, 11) is 0. The fraction of sp³-hybridized carbons (Fsp3) is 0.400. The summed E-state index contributed by atoms with van der Waals surface area (Å²) >= 11 is 0. The molecule has 2 heteroatoms. The number of nitrogens with one attached hydrogen (secondary N) is 1. The number of nitrogens with two attached hydrogens (primary N) is 1. The van der Waals surface area contributed by atoms with Gasteiger partial charge < -0.3 is 11.1 Å². The zero-order valence-corrected chi connectivity index (χ0v) is 7.30. The number of rotatable bonds is 1. The number of aryl methyl sites for hydroxylation is 1. The first-order chi connectivity index (χ1) is 5.77. The Morgan fingerprint density at radius 3 is 2.75 bits per heavy atom. The molecule has 1 heterocycles. The van der Waals surface area contributed by atoms with E-state index in [9.17, 15) is 0 Å². The van der Waals surface area contributed by atoms with E-state index in [0.29, 0.717) is 6.04 Å². The average molecular weight is 162 g/mol. The molecule has 3 N–H and O–H groups in total. The van der Waals surface area contributed by atoms with Crippen molar-refractivity contribution >= 4 is 5.69 Å². The Kier molecular flexibility index (Phi) is 1.77. The van der Waals surface area contributed by atoms with Crippen molar-refractivity contribution in [2.24, 2.45) is 0 Å². The minimum Gasteiger partial charge on any atom is -0.399 e. The summed E-state index contributed by atoms with van der Waals surface area (Å²) in [5.74, 6) is 0. The van der Waals surface area contributed by atoms with Crippen LogP contribution in [0.1, 0.15) is 23.6 Å². The van der Waals surface area contributed by atoms with Gasteiger partial charge in [0.15, 0.2) is 0 Å². The molecule has 0 amide bonds. The minimum atomic E-state index is 0.573. The molecule has 0 spiro atoms. The molecule has 0 bridgehead atoms. The molecule has 2 nitrogen and oxygen atoms in total. The first kappa shape index (κ1) is 7.62. The fourth-order valence-electron chi connectivity index (χ4n) is 1.49. The number of benzene rings is 1. The van der Waals surface area contributed by atoms with E-state index in [-0.39, 0.29) is 0 Å². The Hall–Kier alpha value is -1.02. The maximum Gasteiger partial charge on any atom is 0.0343 e. The topological polar surface area (TPSA) is 38.0 Å². The van der Waals surface area contributed by atoms with E-state index >= 15 is 0 Å². The summed E-state index contributed by atoms with van der Waals surface area (Å²) in [6.45, 7) is 3.20. The summed E-state index contributed by atoms with van der Waals surface area (Å²) in [5, 5.41) is 3.37. The lowest BCUT2D eigenvalue weighted by atomic mass is 9.96. The molecule has 2 rings (SSSR count). The third kappa shape index (κ3) is 1.18. The maximum atomic E-state index is 5.73. The molecular formula is C10H14N2. The lowest BCUT2D eigenvalue weighted by Crippen LogP contribution is -2.34. The summed E-state index contributed by atoms with van der Waals surface area (Å²) in [5.41, 5.74) is 9.17. The molecule has 1 aromatic rings. The molecule has 1 aromatic carbocycles. The quantitative estimate of drug-likeness (QED) is 0.616. The molecule has 64 valence electrons.